The summed E-state index contributed by atoms with van der Waals surface area (Å²) < 4.78 is 6.14. The van der Waals surface area contributed by atoms with E-state index in [9.17, 15) is 4.79 Å². The summed E-state index contributed by atoms with van der Waals surface area (Å²) in [5.74, 6) is 0.672. The molecule has 7 rings (SSSR count). The van der Waals surface area contributed by atoms with E-state index in [-0.39, 0.29) is 11.3 Å². The first-order valence-electron chi connectivity index (χ1n) is 11.4. The SMILES string of the molecule is O=c1cc(C2c3ccccc3-c3ccccc32)oc2ccccc12.c1ccc2ccccc2c1. The Bertz CT molecular complexity index is 1580. The van der Waals surface area contributed by atoms with E-state index in [4.69, 9.17) is 4.42 Å². The fourth-order valence-electron chi connectivity index (χ4n) is 4.86. The normalized spacial score (nSPS) is 12.1. The quantitative estimate of drug-likeness (QED) is 0.262. The van der Waals surface area contributed by atoms with Crippen molar-refractivity contribution in [3.8, 4) is 11.1 Å². The van der Waals surface area contributed by atoms with Crippen molar-refractivity contribution in [3.05, 3.63) is 155 Å². The molecule has 0 N–H and O–H groups in total. The molecule has 0 bridgehead atoms. The number of hydrogen-bond acceptors (Lipinski definition) is 2. The van der Waals surface area contributed by atoms with Gasteiger partial charge >= 0.3 is 0 Å². The van der Waals surface area contributed by atoms with Gasteiger partial charge in [0.05, 0.1) is 11.3 Å². The molecule has 162 valence electrons. The second-order valence-electron chi connectivity index (χ2n) is 8.46. The summed E-state index contributed by atoms with van der Waals surface area (Å²) in [7, 11) is 0. The molecule has 0 fully saturated rings. The molecule has 1 aromatic heterocycles. The summed E-state index contributed by atoms with van der Waals surface area (Å²) in [6.45, 7) is 0. The highest BCUT2D eigenvalue weighted by molar-refractivity contribution is 5.82. The van der Waals surface area contributed by atoms with Gasteiger partial charge in [0, 0.05) is 6.07 Å². The molecule has 6 aromatic rings. The van der Waals surface area contributed by atoms with Crippen LogP contribution in [-0.2, 0) is 0 Å². The van der Waals surface area contributed by atoms with Gasteiger partial charge in [0.1, 0.15) is 11.3 Å². The van der Waals surface area contributed by atoms with Gasteiger partial charge in [0.15, 0.2) is 5.43 Å². The second kappa shape index (κ2) is 8.49. The van der Waals surface area contributed by atoms with Crippen molar-refractivity contribution in [1.29, 1.82) is 0 Å². The van der Waals surface area contributed by atoms with Gasteiger partial charge in [-0.25, -0.2) is 0 Å². The Balaban J connectivity index is 0.000000182. The minimum Gasteiger partial charge on any atom is -0.460 e. The summed E-state index contributed by atoms with van der Waals surface area (Å²) in [5.41, 5.74) is 5.47. The van der Waals surface area contributed by atoms with Crippen LogP contribution in [0.5, 0.6) is 0 Å². The van der Waals surface area contributed by atoms with E-state index >= 15 is 0 Å². The highest BCUT2D eigenvalue weighted by Crippen LogP contribution is 2.47. The van der Waals surface area contributed by atoms with Gasteiger partial charge in [-0.15, -0.1) is 0 Å². The average Bonchev–Trinajstić information content (AvgIpc) is 3.24. The monoisotopic (exact) mass is 438 g/mol. The van der Waals surface area contributed by atoms with Gasteiger partial charge in [-0.3, -0.25) is 4.79 Å². The van der Waals surface area contributed by atoms with Gasteiger partial charge in [-0.1, -0.05) is 109 Å². The van der Waals surface area contributed by atoms with Crippen molar-refractivity contribution < 1.29 is 4.42 Å². The minimum atomic E-state index is -0.0327. The first-order valence-corrected chi connectivity index (χ1v) is 11.4. The van der Waals surface area contributed by atoms with Crippen molar-refractivity contribution in [2.45, 2.75) is 5.92 Å². The molecular formula is C32H22O2. The van der Waals surface area contributed by atoms with E-state index in [1.54, 1.807) is 6.07 Å². The van der Waals surface area contributed by atoms with E-state index in [1.165, 1.54) is 33.0 Å². The summed E-state index contributed by atoms with van der Waals surface area (Å²) >= 11 is 0. The molecule has 0 atom stereocenters. The molecule has 1 aliphatic rings. The third-order valence-electron chi connectivity index (χ3n) is 6.43. The molecule has 2 nitrogen and oxygen atoms in total. The smallest absolute Gasteiger partial charge is 0.192 e. The Labute approximate surface area is 197 Å². The maximum absolute atomic E-state index is 12.5. The van der Waals surface area contributed by atoms with E-state index < -0.39 is 0 Å². The van der Waals surface area contributed by atoms with Crippen LogP contribution in [0.1, 0.15) is 22.8 Å². The molecule has 1 aliphatic carbocycles. The van der Waals surface area contributed by atoms with Crippen molar-refractivity contribution in [1.82, 2.24) is 0 Å². The lowest BCUT2D eigenvalue weighted by molar-refractivity contribution is 0.531. The molecule has 0 radical (unpaired) electrons. The minimum absolute atomic E-state index is 0.00807. The number of para-hydroxylation sites is 1. The van der Waals surface area contributed by atoms with E-state index in [1.807, 2.05) is 36.4 Å². The van der Waals surface area contributed by atoms with Crippen molar-refractivity contribution in [3.63, 3.8) is 0 Å². The molecular weight excluding hydrogens is 416 g/mol. The highest BCUT2D eigenvalue weighted by Gasteiger charge is 2.31. The van der Waals surface area contributed by atoms with E-state index in [0.717, 1.165) is 0 Å². The predicted molar refractivity (Wildman–Crippen MR) is 139 cm³/mol. The molecule has 0 aliphatic heterocycles. The Hall–Kier alpha value is -4.43. The molecule has 34 heavy (non-hydrogen) atoms. The molecule has 1 heterocycles. The van der Waals surface area contributed by atoms with Gasteiger partial charge in [0.2, 0.25) is 0 Å². The van der Waals surface area contributed by atoms with Crippen LogP contribution in [0.25, 0.3) is 32.9 Å². The van der Waals surface area contributed by atoms with Crippen LogP contribution in [0.2, 0.25) is 0 Å². The summed E-state index contributed by atoms with van der Waals surface area (Å²) in [4.78, 5) is 12.5. The highest BCUT2D eigenvalue weighted by atomic mass is 16.3. The largest absolute Gasteiger partial charge is 0.460 e. The number of rotatable bonds is 1. The third-order valence-corrected chi connectivity index (χ3v) is 6.43. The van der Waals surface area contributed by atoms with E-state index in [2.05, 4.69) is 84.9 Å². The third kappa shape index (κ3) is 3.50. The molecule has 0 unspecified atom stereocenters. The molecule has 0 amide bonds. The Morgan fingerprint density at radius 1 is 0.529 bits per heavy atom. The van der Waals surface area contributed by atoms with Crippen LogP contribution in [0.3, 0.4) is 0 Å². The number of fused-ring (bicyclic) bond motifs is 5. The second-order valence-corrected chi connectivity index (χ2v) is 8.46. The Morgan fingerprint density at radius 2 is 1.00 bits per heavy atom. The van der Waals surface area contributed by atoms with Crippen LogP contribution in [0.4, 0.5) is 0 Å². The lowest BCUT2D eigenvalue weighted by atomic mass is 9.94. The van der Waals surface area contributed by atoms with Crippen molar-refractivity contribution >= 4 is 21.7 Å². The Morgan fingerprint density at radius 3 is 1.59 bits per heavy atom. The van der Waals surface area contributed by atoms with E-state index in [0.29, 0.717) is 16.7 Å². The van der Waals surface area contributed by atoms with Gasteiger partial charge in [-0.05, 0) is 45.2 Å². The standard InChI is InChI=1S/C22H14O2.C10H8/c23-19-13-21(24-20-12-6-5-11-18(19)20)22-16-9-3-1-7-14(16)15-8-2-4-10-17(15)22;1-2-6-10-8-4-3-7-9(10)5-1/h1-13,22H;1-8H. The lowest BCUT2D eigenvalue weighted by Gasteiger charge is -2.13. The topological polar surface area (TPSA) is 30.2 Å². The molecule has 2 heteroatoms. The van der Waals surface area contributed by atoms with Crippen LogP contribution in [-0.4, -0.2) is 0 Å². The fraction of sp³-hybridized carbons (Fsp3) is 0.0312. The molecule has 0 spiro atoms. The average molecular weight is 439 g/mol. The number of hydrogen-bond donors (Lipinski definition) is 0. The van der Waals surface area contributed by atoms with Gasteiger partial charge in [0.25, 0.3) is 0 Å². The summed E-state index contributed by atoms with van der Waals surface area (Å²) in [6, 6.07) is 42.5. The maximum Gasteiger partial charge on any atom is 0.192 e. The van der Waals surface area contributed by atoms with Gasteiger partial charge in [-0.2, -0.15) is 0 Å². The first kappa shape index (κ1) is 20.2. The lowest BCUT2D eigenvalue weighted by Crippen LogP contribution is -2.06. The van der Waals surface area contributed by atoms with Crippen LogP contribution in [0.15, 0.2) is 137 Å². The molecule has 0 saturated heterocycles. The zero-order valence-electron chi connectivity index (χ0n) is 18.5. The summed E-state index contributed by atoms with van der Waals surface area (Å²) in [5, 5.41) is 3.25. The number of benzene rings is 5. The van der Waals surface area contributed by atoms with Crippen LogP contribution < -0.4 is 5.43 Å². The maximum atomic E-state index is 12.5. The van der Waals surface area contributed by atoms with Crippen molar-refractivity contribution in [2.24, 2.45) is 0 Å². The zero-order valence-corrected chi connectivity index (χ0v) is 18.5. The molecule has 5 aromatic carbocycles. The molecule has 0 saturated carbocycles. The first-order chi connectivity index (χ1) is 16.8. The van der Waals surface area contributed by atoms with Crippen molar-refractivity contribution in [2.75, 3.05) is 0 Å². The predicted octanol–water partition coefficient (Wildman–Crippen LogP) is 7.79. The fourth-order valence-corrected chi connectivity index (χ4v) is 4.86. The van der Waals surface area contributed by atoms with Crippen LogP contribution in [0, 0.1) is 0 Å². The zero-order chi connectivity index (χ0) is 22.9. The van der Waals surface area contributed by atoms with Crippen LogP contribution >= 0.6 is 0 Å². The summed E-state index contributed by atoms with van der Waals surface area (Å²) in [6.07, 6.45) is 0. The van der Waals surface area contributed by atoms with Gasteiger partial charge < -0.3 is 4.42 Å². The Kier molecular flexibility index (Phi) is 5.04.